The van der Waals surface area contributed by atoms with Crippen LogP contribution in [-0.2, 0) is 4.79 Å². The largest absolute Gasteiger partial charge is 0.345 e. The molecule has 1 aromatic rings. The zero-order valence-electron chi connectivity index (χ0n) is 9.51. The van der Waals surface area contributed by atoms with Crippen molar-refractivity contribution in [1.29, 1.82) is 0 Å². The molecule has 0 aliphatic carbocycles. The molecule has 0 aliphatic heterocycles. The molecule has 92 valence electrons. The van der Waals surface area contributed by atoms with E-state index in [0.717, 1.165) is 0 Å². The molecule has 0 spiro atoms. The molecule has 2 atom stereocenters. The van der Waals surface area contributed by atoms with Crippen molar-refractivity contribution in [3.63, 3.8) is 0 Å². The molecule has 0 aromatic carbocycles. The van der Waals surface area contributed by atoms with Gasteiger partial charge < -0.3 is 15.6 Å². The average Bonchev–Trinajstić information content (AvgIpc) is 2.68. The summed E-state index contributed by atoms with van der Waals surface area (Å²) in [6, 6.07) is -0.805. The number of nitrogens with one attached hydrogen (secondary N) is 1. The third-order valence-electron chi connectivity index (χ3n) is 2.15. The van der Waals surface area contributed by atoms with Crippen molar-refractivity contribution < 1.29 is 9.32 Å². The quantitative estimate of drug-likeness (QED) is 0.816. The Morgan fingerprint density at radius 3 is 2.56 bits per heavy atom. The van der Waals surface area contributed by atoms with E-state index in [1.807, 2.05) is 13.8 Å². The van der Waals surface area contributed by atoms with E-state index in [-0.39, 0.29) is 30.3 Å². The standard InChI is InChI=1S/C9H16N4O2.ClH/c1-5(2)7(10)9(14)12-6(3)8-11-4-15-13-8;/h4-7H,10H2,1-3H3,(H,12,14);1H/t6?,7-;/m0./s1. The van der Waals surface area contributed by atoms with E-state index in [4.69, 9.17) is 5.73 Å². The highest BCUT2D eigenvalue weighted by molar-refractivity contribution is 5.85. The molecule has 1 unspecified atom stereocenters. The molecule has 0 radical (unpaired) electrons. The predicted octanol–water partition coefficient (Wildman–Crippen LogP) is 0.652. The SMILES string of the molecule is CC(NC(=O)[C@@H](N)C(C)C)c1ncon1.Cl. The molecule has 0 bridgehead atoms. The first-order valence-electron chi connectivity index (χ1n) is 4.84. The first-order chi connectivity index (χ1) is 7.02. The molecule has 0 fully saturated rings. The maximum atomic E-state index is 11.6. The van der Waals surface area contributed by atoms with E-state index in [1.165, 1.54) is 6.39 Å². The van der Waals surface area contributed by atoms with Crippen molar-refractivity contribution in [3.05, 3.63) is 12.2 Å². The van der Waals surface area contributed by atoms with E-state index in [1.54, 1.807) is 6.92 Å². The van der Waals surface area contributed by atoms with Gasteiger partial charge in [-0.3, -0.25) is 4.79 Å². The van der Waals surface area contributed by atoms with Gasteiger partial charge in [0.25, 0.3) is 0 Å². The minimum Gasteiger partial charge on any atom is -0.345 e. The van der Waals surface area contributed by atoms with Crippen molar-refractivity contribution in [1.82, 2.24) is 15.5 Å². The Hall–Kier alpha value is -1.14. The summed E-state index contributed by atoms with van der Waals surface area (Å²) in [5, 5.41) is 6.35. The van der Waals surface area contributed by atoms with E-state index >= 15 is 0 Å². The van der Waals surface area contributed by atoms with Crippen LogP contribution in [0.25, 0.3) is 0 Å². The summed E-state index contributed by atoms with van der Waals surface area (Å²) >= 11 is 0. The lowest BCUT2D eigenvalue weighted by Crippen LogP contribution is -2.44. The lowest BCUT2D eigenvalue weighted by atomic mass is 10.0. The first-order valence-corrected chi connectivity index (χ1v) is 4.84. The van der Waals surface area contributed by atoms with Crippen LogP contribution in [0.2, 0.25) is 0 Å². The maximum Gasteiger partial charge on any atom is 0.237 e. The van der Waals surface area contributed by atoms with Gasteiger partial charge in [-0.15, -0.1) is 12.4 Å². The van der Waals surface area contributed by atoms with Crippen LogP contribution in [0.1, 0.15) is 32.6 Å². The summed E-state index contributed by atoms with van der Waals surface area (Å²) < 4.78 is 4.58. The second-order valence-corrected chi connectivity index (χ2v) is 3.79. The second-order valence-electron chi connectivity index (χ2n) is 3.79. The zero-order valence-corrected chi connectivity index (χ0v) is 10.3. The lowest BCUT2D eigenvalue weighted by molar-refractivity contribution is -0.123. The number of nitrogens with zero attached hydrogens (tertiary/aromatic N) is 2. The molecule has 1 heterocycles. The summed E-state index contributed by atoms with van der Waals surface area (Å²) in [6.07, 6.45) is 1.22. The van der Waals surface area contributed by atoms with Crippen LogP contribution in [-0.4, -0.2) is 22.1 Å². The Morgan fingerprint density at radius 2 is 2.12 bits per heavy atom. The van der Waals surface area contributed by atoms with Gasteiger partial charge in [0, 0.05) is 0 Å². The third kappa shape index (κ3) is 3.79. The number of amides is 1. The number of nitrogens with two attached hydrogens (primary N) is 1. The van der Waals surface area contributed by atoms with Gasteiger partial charge in [-0.25, -0.2) is 0 Å². The molecule has 7 heteroatoms. The number of hydrogen-bond donors (Lipinski definition) is 2. The molecule has 0 saturated carbocycles. The molecule has 1 amide bonds. The molecule has 0 aliphatic rings. The Morgan fingerprint density at radius 1 is 1.50 bits per heavy atom. The fourth-order valence-electron chi connectivity index (χ4n) is 1.05. The fraction of sp³-hybridized carbons (Fsp3) is 0.667. The molecular weight excluding hydrogens is 232 g/mol. The minimum atomic E-state index is -0.514. The van der Waals surface area contributed by atoms with Gasteiger partial charge in [0.15, 0.2) is 5.82 Å². The molecule has 6 nitrogen and oxygen atoms in total. The normalized spacial score (nSPS) is 14.1. The summed E-state index contributed by atoms with van der Waals surface area (Å²) in [5.41, 5.74) is 5.69. The van der Waals surface area contributed by atoms with E-state index in [9.17, 15) is 4.79 Å². The smallest absolute Gasteiger partial charge is 0.237 e. The topological polar surface area (TPSA) is 94.0 Å². The fourth-order valence-corrected chi connectivity index (χ4v) is 1.05. The van der Waals surface area contributed by atoms with Gasteiger partial charge in [0.05, 0.1) is 12.1 Å². The Labute approximate surface area is 100 Å². The van der Waals surface area contributed by atoms with Crippen LogP contribution in [0.15, 0.2) is 10.9 Å². The Kier molecular flexibility index (Phi) is 5.98. The number of aromatic nitrogens is 2. The summed E-state index contributed by atoms with van der Waals surface area (Å²) in [6.45, 7) is 5.56. The van der Waals surface area contributed by atoms with Crippen molar-refractivity contribution in [2.24, 2.45) is 11.7 Å². The van der Waals surface area contributed by atoms with Gasteiger partial charge in [0.2, 0.25) is 12.3 Å². The maximum absolute atomic E-state index is 11.6. The molecule has 1 aromatic heterocycles. The van der Waals surface area contributed by atoms with Crippen molar-refractivity contribution >= 4 is 18.3 Å². The number of rotatable bonds is 4. The highest BCUT2D eigenvalue weighted by atomic mass is 35.5. The minimum absolute atomic E-state index is 0. The van der Waals surface area contributed by atoms with Gasteiger partial charge in [-0.1, -0.05) is 19.0 Å². The van der Waals surface area contributed by atoms with Crippen LogP contribution in [0.3, 0.4) is 0 Å². The van der Waals surface area contributed by atoms with Gasteiger partial charge >= 0.3 is 0 Å². The second kappa shape index (κ2) is 6.44. The predicted molar refractivity (Wildman–Crippen MR) is 60.9 cm³/mol. The molecule has 1 rings (SSSR count). The van der Waals surface area contributed by atoms with Crippen molar-refractivity contribution in [2.45, 2.75) is 32.9 Å². The van der Waals surface area contributed by atoms with Crippen LogP contribution in [0, 0.1) is 5.92 Å². The number of carbonyl (C=O) groups excluding carboxylic acids is 1. The summed E-state index contributed by atoms with van der Waals surface area (Å²) in [7, 11) is 0. The average molecular weight is 249 g/mol. The van der Waals surface area contributed by atoms with Crippen LogP contribution in [0.4, 0.5) is 0 Å². The highest BCUT2D eigenvalue weighted by Gasteiger charge is 2.20. The number of carbonyl (C=O) groups is 1. The van der Waals surface area contributed by atoms with Crippen molar-refractivity contribution in [3.8, 4) is 0 Å². The van der Waals surface area contributed by atoms with Crippen LogP contribution < -0.4 is 11.1 Å². The van der Waals surface area contributed by atoms with Gasteiger partial charge in [-0.2, -0.15) is 4.98 Å². The van der Waals surface area contributed by atoms with E-state index < -0.39 is 6.04 Å². The monoisotopic (exact) mass is 248 g/mol. The molecule has 16 heavy (non-hydrogen) atoms. The first kappa shape index (κ1) is 14.9. The van der Waals surface area contributed by atoms with Crippen LogP contribution in [0.5, 0.6) is 0 Å². The van der Waals surface area contributed by atoms with Crippen molar-refractivity contribution in [2.75, 3.05) is 0 Å². The van der Waals surface area contributed by atoms with Crippen LogP contribution >= 0.6 is 12.4 Å². The van der Waals surface area contributed by atoms with Gasteiger partial charge in [0.1, 0.15) is 0 Å². The lowest BCUT2D eigenvalue weighted by Gasteiger charge is -2.17. The Balaban J connectivity index is 0.00000225. The van der Waals surface area contributed by atoms with E-state index in [2.05, 4.69) is 20.0 Å². The highest BCUT2D eigenvalue weighted by Crippen LogP contribution is 2.06. The molecule has 0 saturated heterocycles. The summed E-state index contributed by atoms with van der Waals surface area (Å²) in [5.74, 6) is 0.337. The van der Waals surface area contributed by atoms with E-state index in [0.29, 0.717) is 5.82 Å². The summed E-state index contributed by atoms with van der Waals surface area (Å²) in [4.78, 5) is 15.4. The third-order valence-corrected chi connectivity index (χ3v) is 2.15. The number of hydrogen-bond acceptors (Lipinski definition) is 5. The van der Waals surface area contributed by atoms with Gasteiger partial charge in [-0.05, 0) is 12.8 Å². The number of halogens is 1. The molecule has 3 N–H and O–H groups in total. The Bertz CT molecular complexity index is 315. The zero-order chi connectivity index (χ0) is 11.4. The molecular formula is C9H17ClN4O2.